The molecular formula is C11H12F3NO. The van der Waals surface area contributed by atoms with Crippen LogP contribution in [0, 0.1) is 6.92 Å². The minimum absolute atomic E-state index is 0.0503. The molecule has 0 unspecified atom stereocenters. The fourth-order valence-electron chi connectivity index (χ4n) is 1.53. The molecule has 0 saturated carbocycles. The van der Waals surface area contributed by atoms with E-state index in [1.165, 1.54) is 33.1 Å². The topological polar surface area (TPSA) is 21.6 Å². The van der Waals surface area contributed by atoms with Crippen LogP contribution < -0.4 is 0 Å². The third kappa shape index (κ3) is 2.53. The summed E-state index contributed by atoms with van der Waals surface area (Å²) in [5, 5.41) is 3.53. The molecule has 0 fully saturated rings. The molecule has 0 spiro atoms. The molecule has 88 valence electrons. The van der Waals surface area contributed by atoms with Gasteiger partial charge in [0.2, 0.25) is 0 Å². The molecular weight excluding hydrogens is 219 g/mol. The number of nitrogens with zero attached hydrogens (tertiary/aromatic N) is 1. The van der Waals surface area contributed by atoms with Crippen molar-refractivity contribution in [2.24, 2.45) is 5.16 Å². The molecule has 16 heavy (non-hydrogen) atoms. The van der Waals surface area contributed by atoms with Crippen molar-refractivity contribution in [3.8, 4) is 0 Å². The first-order valence-electron chi connectivity index (χ1n) is 4.63. The highest BCUT2D eigenvalue weighted by molar-refractivity contribution is 6.00. The van der Waals surface area contributed by atoms with Gasteiger partial charge in [0.05, 0.1) is 11.3 Å². The van der Waals surface area contributed by atoms with Crippen LogP contribution in [0.15, 0.2) is 23.4 Å². The average Bonchev–Trinajstić information content (AvgIpc) is 2.15. The van der Waals surface area contributed by atoms with Crippen LogP contribution in [0.5, 0.6) is 0 Å². The van der Waals surface area contributed by atoms with E-state index in [9.17, 15) is 13.2 Å². The van der Waals surface area contributed by atoms with E-state index in [0.717, 1.165) is 0 Å². The number of hydrogen-bond donors (Lipinski definition) is 0. The van der Waals surface area contributed by atoms with Crippen LogP contribution >= 0.6 is 0 Å². The van der Waals surface area contributed by atoms with Crippen molar-refractivity contribution in [1.82, 2.24) is 0 Å². The lowest BCUT2D eigenvalue weighted by Gasteiger charge is -2.14. The predicted molar refractivity (Wildman–Crippen MR) is 55.4 cm³/mol. The number of oxime groups is 1. The fourth-order valence-corrected chi connectivity index (χ4v) is 1.53. The third-order valence-corrected chi connectivity index (χ3v) is 2.17. The minimum Gasteiger partial charge on any atom is -0.399 e. The molecule has 0 atom stereocenters. The lowest BCUT2D eigenvalue weighted by molar-refractivity contribution is -0.138. The third-order valence-electron chi connectivity index (χ3n) is 2.17. The SMILES string of the molecule is CO/N=C(\C)c1cccc(C)c1C(F)(F)F. The quantitative estimate of drug-likeness (QED) is 0.564. The van der Waals surface area contributed by atoms with E-state index in [0.29, 0.717) is 0 Å². The number of halogens is 3. The van der Waals surface area contributed by atoms with Crippen LogP contribution in [0.4, 0.5) is 13.2 Å². The maximum atomic E-state index is 12.8. The van der Waals surface area contributed by atoms with E-state index in [2.05, 4.69) is 9.99 Å². The monoisotopic (exact) mass is 231 g/mol. The molecule has 0 aliphatic heterocycles. The normalized spacial score (nSPS) is 12.8. The fraction of sp³-hybridized carbons (Fsp3) is 0.364. The van der Waals surface area contributed by atoms with Crippen LogP contribution in [0.1, 0.15) is 23.6 Å². The van der Waals surface area contributed by atoms with E-state index in [1.807, 2.05) is 0 Å². The number of aryl methyl sites for hydroxylation is 1. The average molecular weight is 231 g/mol. The highest BCUT2D eigenvalue weighted by Crippen LogP contribution is 2.34. The Bertz CT molecular complexity index is 410. The Hall–Kier alpha value is -1.52. The van der Waals surface area contributed by atoms with E-state index in [1.54, 1.807) is 6.07 Å². The molecule has 0 radical (unpaired) electrons. The molecule has 1 rings (SSSR count). The summed E-state index contributed by atoms with van der Waals surface area (Å²) in [5.41, 5.74) is -0.225. The van der Waals surface area contributed by atoms with E-state index < -0.39 is 11.7 Å². The van der Waals surface area contributed by atoms with Gasteiger partial charge in [0, 0.05) is 5.56 Å². The molecule has 0 aliphatic rings. The summed E-state index contributed by atoms with van der Waals surface area (Å²) in [6.07, 6.45) is -4.38. The summed E-state index contributed by atoms with van der Waals surface area (Å²) < 4.78 is 38.4. The molecule has 0 bridgehead atoms. The van der Waals surface area contributed by atoms with Gasteiger partial charge in [-0.15, -0.1) is 0 Å². The molecule has 0 aliphatic carbocycles. The Morgan fingerprint density at radius 2 is 1.94 bits per heavy atom. The highest BCUT2D eigenvalue weighted by Gasteiger charge is 2.35. The number of benzene rings is 1. The lowest BCUT2D eigenvalue weighted by atomic mass is 9.98. The van der Waals surface area contributed by atoms with Gasteiger partial charge in [-0.2, -0.15) is 13.2 Å². The molecule has 0 saturated heterocycles. The van der Waals surface area contributed by atoms with Crippen LogP contribution in [0.25, 0.3) is 0 Å². The van der Waals surface area contributed by atoms with Gasteiger partial charge in [0.25, 0.3) is 0 Å². The molecule has 2 nitrogen and oxygen atoms in total. The van der Waals surface area contributed by atoms with Crippen molar-refractivity contribution in [3.63, 3.8) is 0 Å². The van der Waals surface area contributed by atoms with Gasteiger partial charge in [-0.1, -0.05) is 23.4 Å². The molecule has 0 amide bonds. The molecule has 1 aromatic carbocycles. The lowest BCUT2D eigenvalue weighted by Crippen LogP contribution is -2.14. The largest absolute Gasteiger partial charge is 0.417 e. The first-order valence-corrected chi connectivity index (χ1v) is 4.63. The van der Waals surface area contributed by atoms with Gasteiger partial charge in [-0.25, -0.2) is 0 Å². The molecule has 0 N–H and O–H groups in total. The Morgan fingerprint density at radius 1 is 1.31 bits per heavy atom. The second-order valence-corrected chi connectivity index (χ2v) is 3.35. The molecule has 1 aromatic rings. The smallest absolute Gasteiger partial charge is 0.399 e. The maximum absolute atomic E-state index is 12.8. The van der Waals surface area contributed by atoms with Gasteiger partial charge in [-0.3, -0.25) is 0 Å². The van der Waals surface area contributed by atoms with Crippen molar-refractivity contribution < 1.29 is 18.0 Å². The van der Waals surface area contributed by atoms with Gasteiger partial charge in [-0.05, 0) is 19.4 Å². The number of rotatable bonds is 2. The summed E-state index contributed by atoms with van der Waals surface area (Å²) >= 11 is 0. The zero-order valence-electron chi connectivity index (χ0n) is 9.22. The Morgan fingerprint density at radius 3 is 2.44 bits per heavy atom. The summed E-state index contributed by atoms with van der Waals surface area (Å²) in [6, 6.07) is 4.37. The first-order chi connectivity index (χ1) is 7.38. The van der Waals surface area contributed by atoms with Crippen LogP contribution in [0.3, 0.4) is 0 Å². The van der Waals surface area contributed by atoms with Crippen molar-refractivity contribution in [2.45, 2.75) is 20.0 Å². The van der Waals surface area contributed by atoms with Gasteiger partial charge in [0.15, 0.2) is 0 Å². The van der Waals surface area contributed by atoms with Crippen LogP contribution in [0.2, 0.25) is 0 Å². The summed E-state index contributed by atoms with van der Waals surface area (Å²) in [4.78, 5) is 4.49. The van der Waals surface area contributed by atoms with Crippen LogP contribution in [-0.2, 0) is 11.0 Å². The number of hydrogen-bond acceptors (Lipinski definition) is 2. The van der Waals surface area contributed by atoms with Crippen molar-refractivity contribution >= 4 is 5.71 Å². The first kappa shape index (κ1) is 12.5. The zero-order chi connectivity index (χ0) is 12.3. The van der Waals surface area contributed by atoms with Gasteiger partial charge in [0.1, 0.15) is 7.11 Å². The molecule has 0 heterocycles. The minimum atomic E-state index is -4.38. The molecule has 5 heteroatoms. The zero-order valence-corrected chi connectivity index (χ0v) is 9.22. The summed E-state index contributed by atoms with van der Waals surface area (Å²) in [6.45, 7) is 2.90. The standard InChI is InChI=1S/C11H12F3NO/c1-7-5-4-6-9(8(2)15-16-3)10(7)11(12,13)14/h4-6H,1-3H3/b15-8+. The van der Waals surface area contributed by atoms with Crippen LogP contribution in [-0.4, -0.2) is 12.8 Å². The van der Waals surface area contributed by atoms with Crippen molar-refractivity contribution in [2.75, 3.05) is 7.11 Å². The van der Waals surface area contributed by atoms with Crippen molar-refractivity contribution in [1.29, 1.82) is 0 Å². The highest BCUT2D eigenvalue weighted by atomic mass is 19.4. The van der Waals surface area contributed by atoms with E-state index in [-0.39, 0.29) is 16.8 Å². The maximum Gasteiger partial charge on any atom is 0.417 e. The van der Waals surface area contributed by atoms with Crippen molar-refractivity contribution in [3.05, 3.63) is 34.9 Å². The second kappa shape index (κ2) is 4.55. The summed E-state index contributed by atoms with van der Waals surface area (Å²) in [5.74, 6) is 0. The van der Waals surface area contributed by atoms with E-state index >= 15 is 0 Å². The Balaban J connectivity index is 3.41. The van der Waals surface area contributed by atoms with E-state index in [4.69, 9.17) is 0 Å². The Labute approximate surface area is 91.7 Å². The van der Waals surface area contributed by atoms with Gasteiger partial charge < -0.3 is 4.84 Å². The molecule has 0 aromatic heterocycles. The van der Waals surface area contributed by atoms with Gasteiger partial charge >= 0.3 is 6.18 Å². The second-order valence-electron chi connectivity index (χ2n) is 3.35. The Kier molecular flexibility index (Phi) is 3.57. The predicted octanol–water partition coefficient (Wildman–Crippen LogP) is 3.38. The summed E-state index contributed by atoms with van der Waals surface area (Å²) in [7, 11) is 1.30. The number of alkyl halides is 3.